The summed E-state index contributed by atoms with van der Waals surface area (Å²) >= 11 is 0. The van der Waals surface area contributed by atoms with E-state index in [-0.39, 0.29) is 17.7 Å². The molecule has 0 aliphatic carbocycles. The molecule has 1 aliphatic heterocycles. The highest BCUT2D eigenvalue weighted by atomic mass is 16.5. The van der Waals surface area contributed by atoms with E-state index >= 15 is 0 Å². The molecule has 1 aromatic heterocycles. The zero-order chi connectivity index (χ0) is 14.2. The number of ether oxygens (including phenoxy) is 1. The molecular formula is C14H19N5O. The van der Waals surface area contributed by atoms with Crippen LogP contribution in [-0.4, -0.2) is 26.2 Å². The van der Waals surface area contributed by atoms with Gasteiger partial charge >= 0.3 is 0 Å². The number of nitrogens with zero attached hydrogens (tertiary/aromatic N) is 3. The van der Waals surface area contributed by atoms with Gasteiger partial charge in [0, 0.05) is 18.0 Å². The highest BCUT2D eigenvalue weighted by molar-refractivity contribution is 5.38. The Labute approximate surface area is 117 Å². The summed E-state index contributed by atoms with van der Waals surface area (Å²) in [4.78, 5) is 0. The minimum Gasteiger partial charge on any atom is -0.487 e. The standard InChI is InChI=1S/C14H19N5O/c1-9(13-16-18-19-17-13)15-11-8-14(2,3)20-12-7-5-4-6-10(11)12/h4-7,9,11,15H,8H2,1-3H3,(H,16,17,18,19). The fourth-order valence-corrected chi connectivity index (χ4v) is 2.68. The van der Waals surface area contributed by atoms with Gasteiger partial charge in [-0.3, -0.25) is 0 Å². The van der Waals surface area contributed by atoms with Gasteiger partial charge in [-0.15, -0.1) is 10.2 Å². The third-order valence-electron chi connectivity index (χ3n) is 3.58. The first-order valence-corrected chi connectivity index (χ1v) is 6.82. The number of nitrogens with one attached hydrogen (secondary N) is 2. The molecule has 2 aromatic rings. The van der Waals surface area contributed by atoms with E-state index in [9.17, 15) is 0 Å². The topological polar surface area (TPSA) is 75.7 Å². The summed E-state index contributed by atoms with van der Waals surface area (Å²) in [6.45, 7) is 6.25. The molecule has 1 aromatic carbocycles. The Kier molecular flexibility index (Phi) is 3.17. The molecule has 1 aliphatic rings. The van der Waals surface area contributed by atoms with Crippen molar-refractivity contribution in [3.05, 3.63) is 35.7 Å². The Morgan fingerprint density at radius 1 is 1.40 bits per heavy atom. The van der Waals surface area contributed by atoms with Crippen LogP contribution in [0.1, 0.15) is 50.7 Å². The summed E-state index contributed by atoms with van der Waals surface area (Å²) in [7, 11) is 0. The van der Waals surface area contributed by atoms with E-state index in [2.05, 4.69) is 45.9 Å². The maximum atomic E-state index is 6.03. The molecular weight excluding hydrogens is 254 g/mol. The molecule has 6 nitrogen and oxygen atoms in total. The lowest BCUT2D eigenvalue weighted by molar-refractivity contribution is 0.0638. The third kappa shape index (κ3) is 2.51. The number of hydrogen-bond donors (Lipinski definition) is 2. The highest BCUT2D eigenvalue weighted by Crippen LogP contribution is 2.39. The van der Waals surface area contributed by atoms with Crippen LogP contribution in [0.15, 0.2) is 24.3 Å². The molecule has 0 bridgehead atoms. The lowest BCUT2D eigenvalue weighted by atomic mass is 9.89. The van der Waals surface area contributed by atoms with Gasteiger partial charge in [0.05, 0.1) is 6.04 Å². The van der Waals surface area contributed by atoms with Crippen molar-refractivity contribution in [3.63, 3.8) is 0 Å². The van der Waals surface area contributed by atoms with Crippen molar-refractivity contribution < 1.29 is 4.74 Å². The highest BCUT2D eigenvalue weighted by Gasteiger charge is 2.34. The molecule has 6 heteroatoms. The van der Waals surface area contributed by atoms with Gasteiger partial charge in [0.25, 0.3) is 0 Å². The number of tetrazole rings is 1. The number of fused-ring (bicyclic) bond motifs is 1. The second-order valence-electron chi connectivity index (χ2n) is 5.81. The Morgan fingerprint density at radius 2 is 2.20 bits per heavy atom. The first-order valence-electron chi connectivity index (χ1n) is 6.82. The lowest BCUT2D eigenvalue weighted by Crippen LogP contribution is -2.40. The number of aromatic nitrogens is 4. The van der Waals surface area contributed by atoms with Crippen LogP contribution in [0.4, 0.5) is 0 Å². The second kappa shape index (κ2) is 4.86. The quantitative estimate of drug-likeness (QED) is 0.896. The molecule has 0 radical (unpaired) electrons. The van der Waals surface area contributed by atoms with Gasteiger partial charge < -0.3 is 10.1 Å². The molecule has 0 saturated heterocycles. The molecule has 0 fully saturated rings. The van der Waals surface area contributed by atoms with Crippen LogP contribution < -0.4 is 10.1 Å². The van der Waals surface area contributed by atoms with Gasteiger partial charge in [-0.1, -0.05) is 23.4 Å². The van der Waals surface area contributed by atoms with Crippen molar-refractivity contribution >= 4 is 0 Å². The first-order chi connectivity index (χ1) is 9.55. The predicted molar refractivity (Wildman–Crippen MR) is 74.2 cm³/mol. The van der Waals surface area contributed by atoms with Crippen LogP contribution in [0.3, 0.4) is 0 Å². The lowest BCUT2D eigenvalue weighted by Gasteiger charge is -2.38. The third-order valence-corrected chi connectivity index (χ3v) is 3.58. The average molecular weight is 273 g/mol. The molecule has 0 saturated carbocycles. The van der Waals surface area contributed by atoms with E-state index in [4.69, 9.17) is 4.74 Å². The Balaban J connectivity index is 1.85. The first kappa shape index (κ1) is 13.1. The summed E-state index contributed by atoms with van der Waals surface area (Å²) in [6.07, 6.45) is 0.895. The number of benzene rings is 1. The fraction of sp³-hybridized carbons (Fsp3) is 0.500. The van der Waals surface area contributed by atoms with E-state index < -0.39 is 0 Å². The monoisotopic (exact) mass is 273 g/mol. The molecule has 0 spiro atoms. The number of hydrogen-bond acceptors (Lipinski definition) is 5. The average Bonchev–Trinajstić information content (AvgIpc) is 2.91. The summed E-state index contributed by atoms with van der Waals surface area (Å²) in [5.74, 6) is 1.62. The van der Waals surface area contributed by atoms with Crippen molar-refractivity contribution in [2.45, 2.75) is 44.9 Å². The minimum absolute atomic E-state index is 0.0284. The van der Waals surface area contributed by atoms with Crippen molar-refractivity contribution in [2.75, 3.05) is 0 Å². The van der Waals surface area contributed by atoms with Crippen molar-refractivity contribution in [1.82, 2.24) is 25.9 Å². The fourth-order valence-electron chi connectivity index (χ4n) is 2.68. The molecule has 2 atom stereocenters. The molecule has 2 N–H and O–H groups in total. The van der Waals surface area contributed by atoms with E-state index in [1.165, 1.54) is 5.56 Å². The summed E-state index contributed by atoms with van der Waals surface area (Å²) < 4.78 is 6.03. The smallest absolute Gasteiger partial charge is 0.191 e. The number of H-pyrrole nitrogens is 1. The van der Waals surface area contributed by atoms with E-state index in [1.807, 2.05) is 25.1 Å². The molecule has 2 unspecified atom stereocenters. The zero-order valence-electron chi connectivity index (χ0n) is 11.9. The molecule has 106 valence electrons. The largest absolute Gasteiger partial charge is 0.487 e. The van der Waals surface area contributed by atoms with Crippen molar-refractivity contribution in [1.29, 1.82) is 0 Å². The normalized spacial score (nSPS) is 21.9. The van der Waals surface area contributed by atoms with E-state index in [0.29, 0.717) is 5.82 Å². The number of para-hydroxylation sites is 1. The summed E-state index contributed by atoms with van der Waals surface area (Å²) in [5.41, 5.74) is 0.991. The maximum Gasteiger partial charge on any atom is 0.191 e. The SMILES string of the molecule is CC(NC1CC(C)(C)Oc2ccccc21)c1nn[nH]n1. The Bertz CT molecular complexity index is 581. The summed E-state index contributed by atoms with van der Waals surface area (Å²) in [5, 5.41) is 17.7. The van der Waals surface area contributed by atoms with Gasteiger partial charge in [-0.25, -0.2) is 0 Å². The second-order valence-corrected chi connectivity index (χ2v) is 5.81. The van der Waals surface area contributed by atoms with E-state index in [0.717, 1.165) is 12.2 Å². The van der Waals surface area contributed by atoms with Gasteiger partial charge in [-0.05, 0) is 26.8 Å². The molecule has 0 amide bonds. The molecule has 2 heterocycles. The van der Waals surface area contributed by atoms with Gasteiger partial charge in [0.2, 0.25) is 0 Å². The van der Waals surface area contributed by atoms with Gasteiger partial charge in [0.15, 0.2) is 5.82 Å². The Morgan fingerprint density at radius 3 is 2.95 bits per heavy atom. The van der Waals surface area contributed by atoms with Gasteiger partial charge in [0.1, 0.15) is 11.4 Å². The van der Waals surface area contributed by atoms with Crippen LogP contribution in [0.5, 0.6) is 5.75 Å². The van der Waals surface area contributed by atoms with Gasteiger partial charge in [-0.2, -0.15) is 5.21 Å². The van der Waals surface area contributed by atoms with Crippen LogP contribution in [-0.2, 0) is 0 Å². The van der Waals surface area contributed by atoms with E-state index in [1.54, 1.807) is 0 Å². The maximum absolute atomic E-state index is 6.03. The van der Waals surface area contributed by atoms with Crippen LogP contribution >= 0.6 is 0 Å². The van der Waals surface area contributed by atoms with Crippen molar-refractivity contribution in [2.24, 2.45) is 0 Å². The van der Waals surface area contributed by atoms with Crippen LogP contribution in [0.2, 0.25) is 0 Å². The zero-order valence-corrected chi connectivity index (χ0v) is 11.9. The molecule has 20 heavy (non-hydrogen) atoms. The van der Waals surface area contributed by atoms with Crippen molar-refractivity contribution in [3.8, 4) is 5.75 Å². The number of rotatable bonds is 3. The molecule has 3 rings (SSSR count). The minimum atomic E-state index is -0.191. The number of aromatic amines is 1. The summed E-state index contributed by atoms with van der Waals surface area (Å²) in [6, 6.07) is 8.40. The van der Waals surface area contributed by atoms with Crippen LogP contribution in [0.25, 0.3) is 0 Å². The van der Waals surface area contributed by atoms with Crippen LogP contribution in [0, 0.1) is 0 Å². The predicted octanol–water partition coefficient (Wildman–Crippen LogP) is 2.15. The Hall–Kier alpha value is -1.95.